The average Bonchev–Trinajstić information content (AvgIpc) is 3.40. The number of nitrogens with zero attached hydrogens (tertiary/aromatic N) is 1. The van der Waals surface area contributed by atoms with Gasteiger partial charge < -0.3 is 23.8 Å². The zero-order valence-electron chi connectivity index (χ0n) is 30.0. The predicted octanol–water partition coefficient (Wildman–Crippen LogP) is 7.69. The average molecular weight is 666 g/mol. The van der Waals surface area contributed by atoms with E-state index in [9.17, 15) is 9.59 Å². The van der Waals surface area contributed by atoms with E-state index in [0.717, 1.165) is 75.0 Å². The Hall–Kier alpha value is -3.58. The number of carbonyl (C=O) groups excluding carboxylic acids is 2. The number of hydrogen-bond donors (Lipinski definition) is 0. The zero-order valence-corrected chi connectivity index (χ0v) is 30.0. The SMILES string of the molecule is CCCCCc1cc(OC(=O)CC(=O)OC2C=C[C@H]3[C@H]4Cc5ccc(C)c6c5[C@@]3(CCN4C)[C@H]2O6)cc2c1[C@@H]1C=C(C)CC[C@H]1C(C)(C)O2. The first-order valence-electron chi connectivity index (χ1n) is 18.6. The summed E-state index contributed by atoms with van der Waals surface area (Å²) in [6.45, 7) is 11.8. The van der Waals surface area contributed by atoms with Crippen molar-refractivity contribution in [1.82, 2.24) is 4.90 Å². The number of benzene rings is 2. The van der Waals surface area contributed by atoms with E-state index in [1.807, 2.05) is 18.2 Å². The molecular weight excluding hydrogens is 614 g/mol. The van der Waals surface area contributed by atoms with Crippen LogP contribution in [0.2, 0.25) is 0 Å². The smallest absolute Gasteiger partial charge is 0.322 e. The minimum atomic E-state index is -0.632. The first-order valence-corrected chi connectivity index (χ1v) is 18.6. The van der Waals surface area contributed by atoms with E-state index < -0.39 is 24.5 Å². The van der Waals surface area contributed by atoms with Gasteiger partial charge in [-0.1, -0.05) is 49.6 Å². The Morgan fingerprint density at radius 1 is 1.08 bits per heavy atom. The van der Waals surface area contributed by atoms with E-state index in [0.29, 0.717) is 17.7 Å². The van der Waals surface area contributed by atoms with Crippen LogP contribution < -0.4 is 14.2 Å². The lowest BCUT2D eigenvalue weighted by molar-refractivity contribution is -0.158. The molecule has 49 heavy (non-hydrogen) atoms. The summed E-state index contributed by atoms with van der Waals surface area (Å²) >= 11 is 0. The number of rotatable bonds is 8. The van der Waals surface area contributed by atoms with Crippen LogP contribution in [0.25, 0.3) is 0 Å². The van der Waals surface area contributed by atoms with Gasteiger partial charge in [-0.25, -0.2) is 0 Å². The lowest BCUT2D eigenvalue weighted by Crippen LogP contribution is -2.65. The fourth-order valence-electron chi connectivity index (χ4n) is 10.4. The molecule has 6 aliphatic rings. The molecule has 0 N–H and O–H groups in total. The van der Waals surface area contributed by atoms with Gasteiger partial charge in [0.25, 0.3) is 0 Å². The van der Waals surface area contributed by atoms with Crippen LogP contribution in [0, 0.1) is 18.8 Å². The van der Waals surface area contributed by atoms with Gasteiger partial charge in [0.2, 0.25) is 0 Å². The molecule has 8 rings (SSSR count). The quantitative estimate of drug-likeness (QED) is 0.0941. The molecule has 1 unspecified atom stereocenters. The minimum absolute atomic E-state index is 0.234. The van der Waals surface area contributed by atoms with Crippen LogP contribution in [0.15, 0.2) is 48.1 Å². The number of fused-ring (bicyclic) bond motifs is 3. The molecule has 0 saturated carbocycles. The molecule has 0 radical (unpaired) electrons. The third kappa shape index (κ3) is 5.25. The number of likely N-dealkylation sites (N-methyl/N-ethyl adjacent to an activating group) is 1. The maximum absolute atomic E-state index is 13.4. The van der Waals surface area contributed by atoms with Crippen molar-refractivity contribution in [3.63, 3.8) is 0 Å². The van der Waals surface area contributed by atoms with Crippen molar-refractivity contribution in [1.29, 1.82) is 0 Å². The van der Waals surface area contributed by atoms with Gasteiger partial charge in [0.15, 0.2) is 6.10 Å². The molecule has 1 spiro atoms. The molecule has 3 aliphatic carbocycles. The lowest BCUT2D eigenvalue weighted by atomic mass is 9.53. The minimum Gasteiger partial charge on any atom is -0.487 e. The Morgan fingerprint density at radius 3 is 2.73 bits per heavy atom. The number of allylic oxidation sites excluding steroid dienone is 2. The number of esters is 2. The fourth-order valence-corrected chi connectivity index (χ4v) is 10.4. The van der Waals surface area contributed by atoms with Gasteiger partial charge in [0, 0.05) is 46.4 Å². The number of carbonyl (C=O) groups is 2. The standard InChI is InChI=1S/C42H51NO6/c1-7-8-9-10-26-20-28(22-34-37(26)29-19-24(2)11-14-30(29)41(4,5)49-34)46-35(44)23-36(45)47-33-16-15-31-32-21-27-13-12-25(3)39-38(27)42(31,40(33)48-39)17-18-43(32)6/h12-13,15-16,19-20,22,29-33,40H,7-11,14,17-18,21,23H2,1-6H3/t29-,30-,31+,32-,33?,40+,42+/m1/s1. The van der Waals surface area contributed by atoms with Crippen molar-refractivity contribution in [3.05, 3.63) is 75.9 Å². The molecule has 1 saturated heterocycles. The van der Waals surface area contributed by atoms with Gasteiger partial charge in [-0.3, -0.25) is 9.59 Å². The third-order valence-electron chi connectivity index (χ3n) is 12.7. The molecular formula is C42H51NO6. The molecule has 260 valence electrons. The van der Waals surface area contributed by atoms with Gasteiger partial charge in [0.1, 0.15) is 35.4 Å². The van der Waals surface area contributed by atoms with Crippen LogP contribution in [-0.4, -0.2) is 54.3 Å². The maximum Gasteiger partial charge on any atom is 0.322 e. The van der Waals surface area contributed by atoms with E-state index in [-0.39, 0.29) is 29.0 Å². The summed E-state index contributed by atoms with van der Waals surface area (Å²) in [5.41, 5.74) is 7.02. The summed E-state index contributed by atoms with van der Waals surface area (Å²) in [7, 11) is 2.21. The van der Waals surface area contributed by atoms with Crippen LogP contribution in [-0.2, 0) is 32.6 Å². The van der Waals surface area contributed by atoms with Crippen LogP contribution in [0.4, 0.5) is 0 Å². The van der Waals surface area contributed by atoms with Gasteiger partial charge in [-0.05, 0) is 109 Å². The molecule has 2 bridgehead atoms. The van der Waals surface area contributed by atoms with E-state index in [4.69, 9.17) is 18.9 Å². The summed E-state index contributed by atoms with van der Waals surface area (Å²) in [4.78, 5) is 29.2. The highest BCUT2D eigenvalue weighted by Gasteiger charge is 2.64. The van der Waals surface area contributed by atoms with E-state index >= 15 is 0 Å². The second-order valence-corrected chi connectivity index (χ2v) is 16.2. The maximum atomic E-state index is 13.4. The third-order valence-corrected chi connectivity index (χ3v) is 12.7. The predicted molar refractivity (Wildman–Crippen MR) is 188 cm³/mol. The molecule has 2 aromatic carbocycles. The number of unbranched alkanes of at least 4 members (excludes halogenated alkanes) is 2. The van der Waals surface area contributed by atoms with Gasteiger partial charge in [-0.2, -0.15) is 0 Å². The molecule has 1 fully saturated rings. The number of ether oxygens (including phenoxy) is 4. The summed E-state index contributed by atoms with van der Waals surface area (Å²) in [5, 5.41) is 0. The molecule has 7 nitrogen and oxygen atoms in total. The molecule has 2 aromatic rings. The fraction of sp³-hybridized carbons (Fsp3) is 0.571. The molecule has 3 aliphatic heterocycles. The van der Waals surface area contributed by atoms with Crippen LogP contribution >= 0.6 is 0 Å². The Balaban J connectivity index is 1.01. The van der Waals surface area contributed by atoms with E-state index in [1.165, 1.54) is 27.8 Å². The van der Waals surface area contributed by atoms with Gasteiger partial charge >= 0.3 is 11.9 Å². The highest BCUT2D eigenvalue weighted by atomic mass is 16.6. The van der Waals surface area contributed by atoms with Crippen LogP contribution in [0.5, 0.6) is 17.2 Å². The van der Waals surface area contributed by atoms with Crippen molar-refractivity contribution in [2.24, 2.45) is 11.8 Å². The Morgan fingerprint density at radius 2 is 1.92 bits per heavy atom. The number of piperidine rings is 1. The summed E-state index contributed by atoms with van der Waals surface area (Å²) in [6, 6.07) is 8.64. The Bertz CT molecular complexity index is 1760. The van der Waals surface area contributed by atoms with Gasteiger partial charge in [-0.15, -0.1) is 0 Å². The number of likely N-dealkylation sites (tertiary alicyclic amines) is 1. The van der Waals surface area contributed by atoms with E-state index in [1.54, 1.807) is 0 Å². The molecule has 7 atom stereocenters. The van der Waals surface area contributed by atoms with Crippen molar-refractivity contribution >= 4 is 11.9 Å². The van der Waals surface area contributed by atoms with Crippen molar-refractivity contribution in [3.8, 4) is 17.2 Å². The van der Waals surface area contributed by atoms with Crippen molar-refractivity contribution in [2.45, 2.75) is 128 Å². The van der Waals surface area contributed by atoms with Gasteiger partial charge in [0.05, 0.1) is 0 Å². The van der Waals surface area contributed by atoms with Crippen LogP contribution in [0.3, 0.4) is 0 Å². The highest BCUT2D eigenvalue weighted by molar-refractivity contribution is 5.92. The number of hydrogen-bond acceptors (Lipinski definition) is 7. The largest absolute Gasteiger partial charge is 0.487 e. The Kier molecular flexibility index (Phi) is 8.01. The number of aryl methyl sites for hydroxylation is 2. The van der Waals surface area contributed by atoms with Crippen molar-refractivity contribution in [2.75, 3.05) is 13.6 Å². The lowest BCUT2D eigenvalue weighted by Gasteiger charge is -2.56. The Labute approximate surface area is 291 Å². The van der Waals surface area contributed by atoms with Crippen LogP contribution in [0.1, 0.15) is 106 Å². The normalized spacial score (nSPS) is 31.3. The second kappa shape index (κ2) is 12.0. The molecule has 7 heteroatoms. The highest BCUT2D eigenvalue weighted by Crippen LogP contribution is 2.61. The molecule has 3 heterocycles. The summed E-state index contributed by atoms with van der Waals surface area (Å²) in [5.74, 6) is 1.89. The first-order chi connectivity index (χ1) is 23.5. The summed E-state index contributed by atoms with van der Waals surface area (Å²) in [6.07, 6.45) is 13.6. The molecule has 0 aromatic heterocycles. The zero-order chi connectivity index (χ0) is 34.2. The first kappa shape index (κ1) is 32.6. The summed E-state index contributed by atoms with van der Waals surface area (Å²) < 4.78 is 25.4. The molecule has 0 amide bonds. The monoisotopic (exact) mass is 665 g/mol. The topological polar surface area (TPSA) is 74.3 Å². The second-order valence-electron chi connectivity index (χ2n) is 16.2. The van der Waals surface area contributed by atoms with E-state index in [2.05, 4.69) is 70.9 Å². The van der Waals surface area contributed by atoms with Crippen molar-refractivity contribution < 1.29 is 28.5 Å².